The zero-order valence-corrected chi connectivity index (χ0v) is 21.0. The molecule has 3 nitrogen and oxygen atoms in total. The van der Waals surface area contributed by atoms with Gasteiger partial charge in [0.15, 0.2) is 11.6 Å². The fraction of sp³-hybridized carbons (Fsp3) is 0.276. The lowest BCUT2D eigenvalue weighted by atomic mass is 9.87. The molecule has 0 aliphatic carbocycles. The number of benzene rings is 3. The van der Waals surface area contributed by atoms with Crippen LogP contribution in [0.4, 0.5) is 26.3 Å². The maximum Gasteiger partial charge on any atom is 0.419 e. The van der Waals surface area contributed by atoms with Crippen LogP contribution in [-0.2, 0) is 24.6 Å². The van der Waals surface area contributed by atoms with Gasteiger partial charge >= 0.3 is 6.18 Å². The Balaban J connectivity index is 1.69. The largest absolute Gasteiger partial charge is 0.419 e. The van der Waals surface area contributed by atoms with Crippen molar-refractivity contribution in [2.45, 2.75) is 45.3 Å². The fourth-order valence-corrected chi connectivity index (χ4v) is 4.30. The van der Waals surface area contributed by atoms with Crippen LogP contribution < -0.4 is 0 Å². The van der Waals surface area contributed by atoms with Crippen LogP contribution in [0.5, 0.6) is 0 Å². The molecule has 3 aromatic carbocycles. The molecule has 1 aromatic heterocycles. The number of rotatable bonds is 6. The number of H-pyrrole nitrogens is 1. The van der Waals surface area contributed by atoms with Gasteiger partial charge in [0.05, 0.1) is 11.1 Å². The number of aromatic nitrogens is 1. The van der Waals surface area contributed by atoms with Crippen LogP contribution in [0, 0.1) is 17.5 Å². The second kappa shape index (κ2) is 10.2. The molecule has 0 atom stereocenters. The molecule has 200 valence electrons. The van der Waals surface area contributed by atoms with Crippen molar-refractivity contribution in [1.82, 2.24) is 9.88 Å². The third-order valence-electron chi connectivity index (χ3n) is 6.44. The summed E-state index contributed by atoms with van der Waals surface area (Å²) >= 11 is 0. The monoisotopic (exact) mass is 532 g/mol. The highest BCUT2D eigenvalue weighted by atomic mass is 19.4. The Kier molecular flexibility index (Phi) is 7.32. The van der Waals surface area contributed by atoms with Gasteiger partial charge in [0, 0.05) is 24.7 Å². The van der Waals surface area contributed by atoms with Crippen LogP contribution in [0.3, 0.4) is 0 Å². The zero-order chi connectivity index (χ0) is 27.8. The van der Waals surface area contributed by atoms with Crippen molar-refractivity contribution in [3.05, 3.63) is 106 Å². The summed E-state index contributed by atoms with van der Waals surface area (Å²) in [4.78, 5) is 17.6. The number of halogens is 6. The molecule has 0 aliphatic rings. The van der Waals surface area contributed by atoms with E-state index in [-0.39, 0.29) is 36.0 Å². The Labute approximate surface area is 216 Å². The molecule has 4 aromatic rings. The number of aromatic amines is 1. The van der Waals surface area contributed by atoms with Gasteiger partial charge in [-0.25, -0.2) is 13.2 Å². The van der Waals surface area contributed by atoms with E-state index >= 15 is 0 Å². The number of alkyl halides is 3. The van der Waals surface area contributed by atoms with E-state index in [1.807, 2.05) is 45.0 Å². The lowest BCUT2D eigenvalue weighted by Gasteiger charge is -2.25. The predicted octanol–water partition coefficient (Wildman–Crippen LogP) is 7.79. The molecule has 0 fully saturated rings. The van der Waals surface area contributed by atoms with Gasteiger partial charge in [-0.3, -0.25) is 4.79 Å². The van der Waals surface area contributed by atoms with E-state index in [1.54, 1.807) is 0 Å². The van der Waals surface area contributed by atoms with Gasteiger partial charge in [0.1, 0.15) is 11.4 Å². The number of nitrogens with one attached hydrogen (secondary N) is 1. The summed E-state index contributed by atoms with van der Waals surface area (Å²) in [7, 11) is 0. The van der Waals surface area contributed by atoms with Crippen molar-refractivity contribution in [2.24, 2.45) is 0 Å². The van der Waals surface area contributed by atoms with E-state index in [4.69, 9.17) is 0 Å². The summed E-state index contributed by atoms with van der Waals surface area (Å²) < 4.78 is 82.6. The molecule has 0 unspecified atom stereocenters. The first kappa shape index (κ1) is 27.3. The lowest BCUT2D eigenvalue weighted by molar-refractivity contribution is -0.140. The average molecular weight is 533 g/mol. The Morgan fingerprint density at radius 1 is 0.868 bits per heavy atom. The molecule has 1 heterocycles. The minimum atomic E-state index is -4.88. The van der Waals surface area contributed by atoms with Crippen LogP contribution in [-0.4, -0.2) is 22.3 Å². The van der Waals surface area contributed by atoms with Gasteiger partial charge in [0.2, 0.25) is 0 Å². The van der Waals surface area contributed by atoms with Gasteiger partial charge < -0.3 is 9.88 Å². The highest BCUT2D eigenvalue weighted by Crippen LogP contribution is 2.32. The third kappa shape index (κ3) is 5.71. The van der Waals surface area contributed by atoms with E-state index in [0.717, 1.165) is 17.7 Å². The van der Waals surface area contributed by atoms with Crippen LogP contribution in [0.15, 0.2) is 60.8 Å². The molecule has 4 rings (SSSR count). The quantitative estimate of drug-likeness (QED) is 0.253. The van der Waals surface area contributed by atoms with Crippen molar-refractivity contribution in [3.63, 3.8) is 0 Å². The van der Waals surface area contributed by atoms with Crippen molar-refractivity contribution in [2.75, 3.05) is 6.54 Å². The number of carbonyl (C=O) groups excluding carboxylic acids is 1. The number of hydrogen-bond acceptors (Lipinski definition) is 1. The number of hydrogen-bond donors (Lipinski definition) is 1. The molecule has 0 bridgehead atoms. The van der Waals surface area contributed by atoms with E-state index in [2.05, 4.69) is 4.98 Å². The van der Waals surface area contributed by atoms with E-state index in [0.29, 0.717) is 17.0 Å². The Morgan fingerprint density at radius 2 is 1.53 bits per heavy atom. The zero-order valence-electron chi connectivity index (χ0n) is 21.0. The number of nitrogens with zero attached hydrogens (tertiary/aromatic N) is 1. The van der Waals surface area contributed by atoms with Crippen molar-refractivity contribution in [3.8, 4) is 0 Å². The molecule has 0 saturated carbocycles. The average Bonchev–Trinajstić information content (AvgIpc) is 3.29. The van der Waals surface area contributed by atoms with Gasteiger partial charge in [-0.1, -0.05) is 51.1 Å². The number of carbonyl (C=O) groups is 1. The molecular formula is C29H26F6N2O. The van der Waals surface area contributed by atoms with Gasteiger partial charge in [-0.2, -0.15) is 13.2 Å². The highest BCUT2D eigenvalue weighted by Gasteiger charge is 2.34. The molecular weight excluding hydrogens is 506 g/mol. The summed E-state index contributed by atoms with van der Waals surface area (Å²) in [6.07, 6.45) is -3.50. The number of fused-ring (bicyclic) bond motifs is 1. The normalized spacial score (nSPS) is 12.2. The van der Waals surface area contributed by atoms with Crippen LogP contribution in [0.25, 0.3) is 10.9 Å². The van der Waals surface area contributed by atoms with E-state index in [9.17, 15) is 31.1 Å². The molecule has 0 spiro atoms. The first-order valence-corrected chi connectivity index (χ1v) is 11.9. The Morgan fingerprint density at radius 3 is 2.16 bits per heavy atom. The van der Waals surface area contributed by atoms with Crippen molar-refractivity contribution < 1.29 is 31.1 Å². The molecule has 38 heavy (non-hydrogen) atoms. The van der Waals surface area contributed by atoms with Crippen LogP contribution in [0.1, 0.15) is 53.4 Å². The van der Waals surface area contributed by atoms with Crippen LogP contribution >= 0.6 is 0 Å². The van der Waals surface area contributed by atoms with Crippen molar-refractivity contribution in [1.29, 1.82) is 0 Å². The maximum atomic E-state index is 14.9. The topological polar surface area (TPSA) is 36.1 Å². The second-order valence-corrected chi connectivity index (χ2v) is 10.2. The summed E-state index contributed by atoms with van der Waals surface area (Å²) in [6.45, 7) is 6.01. The smallest absolute Gasteiger partial charge is 0.360 e. The van der Waals surface area contributed by atoms with Gasteiger partial charge in [-0.05, 0) is 52.8 Å². The van der Waals surface area contributed by atoms with Crippen molar-refractivity contribution >= 4 is 16.8 Å². The standard InChI is InChI=1S/C29H26F6N2O/c1-28(2,3)20-7-4-18(5-8-20)16-37(13-11-17-6-9-22(30)21(14-17)29(33,34)35)27(38)24-25(32)23(31)15-19-10-12-36-26(19)24/h4-10,12,14-15,36H,11,13,16H2,1-3H3. The highest BCUT2D eigenvalue weighted by molar-refractivity contribution is 6.06. The molecule has 0 aliphatic heterocycles. The summed E-state index contributed by atoms with van der Waals surface area (Å²) in [5.41, 5.74) is -0.0133. The summed E-state index contributed by atoms with van der Waals surface area (Å²) in [5, 5.41) is 0.301. The third-order valence-corrected chi connectivity index (χ3v) is 6.44. The summed E-state index contributed by atoms with van der Waals surface area (Å²) in [6, 6.07) is 12.5. The minimum absolute atomic E-state index is 0.00522. The molecule has 1 N–H and O–H groups in total. The SMILES string of the molecule is CC(C)(C)c1ccc(CN(CCc2ccc(F)c(C(F)(F)F)c2)C(=O)c2c(F)c(F)cc3cc[nH]c23)cc1. The first-order chi connectivity index (χ1) is 17.8. The van der Waals surface area contributed by atoms with Gasteiger partial charge in [-0.15, -0.1) is 0 Å². The van der Waals surface area contributed by atoms with Crippen LogP contribution in [0.2, 0.25) is 0 Å². The molecule has 9 heteroatoms. The van der Waals surface area contributed by atoms with Gasteiger partial charge in [0.25, 0.3) is 5.91 Å². The minimum Gasteiger partial charge on any atom is -0.360 e. The second-order valence-electron chi connectivity index (χ2n) is 10.2. The number of amides is 1. The predicted molar refractivity (Wildman–Crippen MR) is 133 cm³/mol. The van der Waals surface area contributed by atoms with E-state index in [1.165, 1.54) is 23.2 Å². The Hall–Kier alpha value is -3.75. The van der Waals surface area contributed by atoms with E-state index < -0.39 is 40.7 Å². The summed E-state index contributed by atoms with van der Waals surface area (Å²) in [5.74, 6) is -4.74. The maximum absolute atomic E-state index is 14.9. The molecule has 0 radical (unpaired) electrons. The first-order valence-electron chi connectivity index (χ1n) is 11.9. The Bertz CT molecular complexity index is 1470. The lowest BCUT2D eigenvalue weighted by Crippen LogP contribution is -2.33. The molecule has 1 amide bonds. The molecule has 0 saturated heterocycles. The fourth-order valence-electron chi connectivity index (χ4n) is 4.30.